The molecular weight excluding hydrogens is 282 g/mol. The van der Waals surface area contributed by atoms with E-state index in [2.05, 4.69) is 5.32 Å². The number of alkyl carbamates (subject to hydrolysis) is 1. The Kier molecular flexibility index (Phi) is 7.89. The van der Waals surface area contributed by atoms with E-state index in [1.165, 1.54) is 5.57 Å². The lowest BCUT2D eigenvalue weighted by Crippen LogP contribution is -2.30. The second-order valence-corrected chi connectivity index (χ2v) is 5.29. The van der Waals surface area contributed by atoms with Gasteiger partial charge in [0, 0.05) is 0 Å². The summed E-state index contributed by atoms with van der Waals surface area (Å²) < 4.78 is 16.0. The van der Waals surface area contributed by atoms with Crippen molar-refractivity contribution in [1.82, 2.24) is 5.32 Å². The van der Waals surface area contributed by atoms with E-state index < -0.39 is 6.09 Å². The molecule has 1 amide bonds. The van der Waals surface area contributed by atoms with Crippen molar-refractivity contribution in [2.75, 3.05) is 19.8 Å². The lowest BCUT2D eigenvalue weighted by atomic mass is 10.3. The zero-order valence-corrected chi connectivity index (χ0v) is 13.7. The third-order valence-corrected chi connectivity index (χ3v) is 2.55. The van der Waals surface area contributed by atoms with E-state index in [-0.39, 0.29) is 6.10 Å². The van der Waals surface area contributed by atoms with Crippen LogP contribution in [0.4, 0.5) is 4.79 Å². The molecular formula is C17H25NO4. The molecule has 0 bridgehead atoms. The number of ether oxygens (including phenoxy) is 3. The Labute approximate surface area is 132 Å². The van der Waals surface area contributed by atoms with Crippen LogP contribution < -0.4 is 14.8 Å². The van der Waals surface area contributed by atoms with Crippen LogP contribution in [0.25, 0.3) is 0 Å². The Bertz CT molecular complexity index is 476. The van der Waals surface area contributed by atoms with E-state index in [0.29, 0.717) is 19.8 Å². The molecule has 0 heterocycles. The Morgan fingerprint density at radius 3 is 2.27 bits per heavy atom. The van der Waals surface area contributed by atoms with Crippen molar-refractivity contribution >= 4 is 6.09 Å². The first kappa shape index (κ1) is 17.9. The number of hydrogen-bond donors (Lipinski definition) is 1. The number of carbonyl (C=O) groups excluding carboxylic acids is 1. The number of nitrogens with one attached hydrogen (secondary N) is 1. The second kappa shape index (κ2) is 9.71. The predicted molar refractivity (Wildman–Crippen MR) is 86.5 cm³/mol. The van der Waals surface area contributed by atoms with Crippen LogP contribution in [-0.2, 0) is 4.74 Å². The Hall–Kier alpha value is -2.17. The van der Waals surface area contributed by atoms with Gasteiger partial charge in [0.25, 0.3) is 0 Å². The van der Waals surface area contributed by atoms with Gasteiger partial charge >= 0.3 is 6.09 Å². The highest BCUT2D eigenvalue weighted by molar-refractivity contribution is 5.67. The summed E-state index contributed by atoms with van der Waals surface area (Å²) in [5.41, 5.74) is 1.23. The highest BCUT2D eigenvalue weighted by Crippen LogP contribution is 2.17. The average molecular weight is 307 g/mol. The summed E-state index contributed by atoms with van der Waals surface area (Å²) in [6, 6.07) is 7.39. The monoisotopic (exact) mass is 307 g/mol. The van der Waals surface area contributed by atoms with Gasteiger partial charge in [0.2, 0.25) is 0 Å². The third-order valence-electron chi connectivity index (χ3n) is 2.55. The van der Waals surface area contributed by atoms with Crippen LogP contribution in [0, 0.1) is 0 Å². The van der Waals surface area contributed by atoms with Crippen LogP contribution in [0.15, 0.2) is 35.9 Å². The minimum atomic E-state index is -0.429. The lowest BCUT2D eigenvalue weighted by Gasteiger charge is -2.10. The fourth-order valence-corrected chi connectivity index (χ4v) is 1.51. The topological polar surface area (TPSA) is 56.8 Å². The molecule has 0 saturated heterocycles. The zero-order chi connectivity index (χ0) is 16.4. The minimum absolute atomic E-state index is 0.125. The molecule has 0 aliphatic carbocycles. The van der Waals surface area contributed by atoms with Crippen LogP contribution in [0.5, 0.6) is 11.5 Å². The Morgan fingerprint density at radius 2 is 1.73 bits per heavy atom. The van der Waals surface area contributed by atoms with Gasteiger partial charge < -0.3 is 19.5 Å². The van der Waals surface area contributed by atoms with Gasteiger partial charge in [0.15, 0.2) is 0 Å². The molecule has 1 N–H and O–H groups in total. The molecule has 1 rings (SSSR count). The third kappa shape index (κ3) is 8.19. The van der Waals surface area contributed by atoms with Crippen molar-refractivity contribution in [3.63, 3.8) is 0 Å². The van der Waals surface area contributed by atoms with Crippen LogP contribution in [-0.4, -0.2) is 32.0 Å². The molecule has 0 atom stereocenters. The lowest BCUT2D eigenvalue weighted by molar-refractivity contribution is 0.114. The standard InChI is InChI=1S/C17H25NO4/c1-13(2)9-11-20-15-5-7-16(8-6-15)21-12-10-18-17(19)22-14(3)4/h5-9,14H,10-12H2,1-4H3,(H,18,19). The van der Waals surface area contributed by atoms with Gasteiger partial charge in [-0.3, -0.25) is 0 Å². The number of hydrogen-bond acceptors (Lipinski definition) is 4. The average Bonchev–Trinajstić information content (AvgIpc) is 2.44. The van der Waals surface area contributed by atoms with E-state index in [1.54, 1.807) is 13.8 Å². The molecule has 0 radical (unpaired) electrons. The van der Waals surface area contributed by atoms with E-state index in [0.717, 1.165) is 11.5 Å². The summed E-state index contributed by atoms with van der Waals surface area (Å²) in [5, 5.41) is 2.62. The molecule has 0 aliphatic rings. The number of benzene rings is 1. The normalized spacial score (nSPS) is 10.0. The highest BCUT2D eigenvalue weighted by atomic mass is 16.6. The zero-order valence-electron chi connectivity index (χ0n) is 13.7. The van der Waals surface area contributed by atoms with Gasteiger partial charge in [-0.1, -0.05) is 5.57 Å². The van der Waals surface area contributed by atoms with Crippen molar-refractivity contribution in [3.8, 4) is 11.5 Å². The maximum Gasteiger partial charge on any atom is 0.407 e. The first-order chi connectivity index (χ1) is 10.5. The summed E-state index contributed by atoms with van der Waals surface area (Å²) in [5.74, 6) is 1.53. The summed E-state index contributed by atoms with van der Waals surface area (Å²) >= 11 is 0. The molecule has 22 heavy (non-hydrogen) atoms. The largest absolute Gasteiger partial charge is 0.492 e. The van der Waals surface area contributed by atoms with E-state index in [9.17, 15) is 4.79 Å². The Balaban J connectivity index is 2.24. The maximum atomic E-state index is 11.2. The van der Waals surface area contributed by atoms with Crippen LogP contribution in [0.3, 0.4) is 0 Å². The van der Waals surface area contributed by atoms with E-state index >= 15 is 0 Å². The summed E-state index contributed by atoms with van der Waals surface area (Å²) in [6.45, 7) is 9.01. The predicted octanol–water partition coefficient (Wildman–Crippen LogP) is 3.55. The number of amides is 1. The molecule has 1 aromatic carbocycles. The smallest absolute Gasteiger partial charge is 0.407 e. The second-order valence-electron chi connectivity index (χ2n) is 5.29. The first-order valence-corrected chi connectivity index (χ1v) is 7.41. The van der Waals surface area contributed by atoms with Gasteiger partial charge in [-0.15, -0.1) is 0 Å². The van der Waals surface area contributed by atoms with Crippen molar-refractivity contribution in [2.45, 2.75) is 33.8 Å². The summed E-state index contributed by atoms with van der Waals surface area (Å²) in [6.07, 6.45) is 1.47. The molecule has 0 aromatic heterocycles. The van der Waals surface area contributed by atoms with Gasteiger partial charge in [0.05, 0.1) is 12.6 Å². The molecule has 5 heteroatoms. The van der Waals surface area contributed by atoms with Crippen molar-refractivity contribution < 1.29 is 19.0 Å². The molecule has 0 fully saturated rings. The van der Waals surface area contributed by atoms with Crippen molar-refractivity contribution in [1.29, 1.82) is 0 Å². The minimum Gasteiger partial charge on any atom is -0.492 e. The fourth-order valence-electron chi connectivity index (χ4n) is 1.51. The SMILES string of the molecule is CC(C)=CCOc1ccc(OCCNC(=O)OC(C)C)cc1. The van der Waals surface area contributed by atoms with Crippen LogP contribution >= 0.6 is 0 Å². The number of rotatable bonds is 8. The molecule has 0 aliphatic heterocycles. The molecule has 5 nitrogen and oxygen atoms in total. The molecule has 122 valence electrons. The number of carbonyl (C=O) groups is 1. The summed E-state index contributed by atoms with van der Waals surface area (Å²) in [7, 11) is 0. The van der Waals surface area contributed by atoms with Crippen LogP contribution in [0.1, 0.15) is 27.7 Å². The van der Waals surface area contributed by atoms with Gasteiger partial charge in [-0.2, -0.15) is 0 Å². The van der Waals surface area contributed by atoms with Crippen molar-refractivity contribution in [3.05, 3.63) is 35.9 Å². The van der Waals surface area contributed by atoms with Gasteiger partial charge in [-0.05, 0) is 58.0 Å². The quantitative estimate of drug-likeness (QED) is 0.589. The maximum absolute atomic E-state index is 11.2. The van der Waals surface area contributed by atoms with Gasteiger partial charge in [0.1, 0.15) is 24.7 Å². The molecule has 0 unspecified atom stereocenters. The summed E-state index contributed by atoms with van der Waals surface area (Å²) in [4.78, 5) is 11.2. The van der Waals surface area contributed by atoms with Crippen molar-refractivity contribution in [2.24, 2.45) is 0 Å². The molecule has 1 aromatic rings. The van der Waals surface area contributed by atoms with Crippen LogP contribution in [0.2, 0.25) is 0 Å². The highest BCUT2D eigenvalue weighted by Gasteiger charge is 2.03. The Morgan fingerprint density at radius 1 is 1.14 bits per heavy atom. The molecule has 0 saturated carbocycles. The first-order valence-electron chi connectivity index (χ1n) is 7.41. The van der Waals surface area contributed by atoms with E-state index in [1.807, 2.05) is 44.2 Å². The van der Waals surface area contributed by atoms with E-state index in [4.69, 9.17) is 14.2 Å². The molecule has 0 spiro atoms. The van der Waals surface area contributed by atoms with Gasteiger partial charge in [-0.25, -0.2) is 4.79 Å². The fraction of sp³-hybridized carbons (Fsp3) is 0.471. The number of allylic oxidation sites excluding steroid dienone is 1.